The molecule has 5 nitrogen and oxygen atoms in total. The van der Waals surface area contributed by atoms with Gasteiger partial charge < -0.3 is 19.7 Å². The summed E-state index contributed by atoms with van der Waals surface area (Å²) in [6.07, 6.45) is 8.74. The van der Waals surface area contributed by atoms with Gasteiger partial charge in [-0.05, 0) is 84.6 Å². The first-order valence-corrected chi connectivity index (χ1v) is 15.5. The molecule has 222 valence electrons. The smallest absolute Gasteiger partial charge is 0.251 e. The predicted molar refractivity (Wildman–Crippen MR) is 178 cm³/mol. The molecule has 0 aliphatic carbocycles. The molecule has 0 spiro atoms. The number of aromatic hydroxyl groups is 1. The van der Waals surface area contributed by atoms with Gasteiger partial charge >= 0.3 is 0 Å². The molecule has 0 unspecified atom stereocenters. The molecule has 1 heterocycles. The minimum Gasteiger partial charge on any atom is -0.507 e. The third-order valence-electron chi connectivity index (χ3n) is 7.73. The molecule has 0 fully saturated rings. The van der Waals surface area contributed by atoms with Crippen LogP contribution in [0.2, 0.25) is 10.0 Å². The Hall–Kier alpha value is -3.93. The van der Waals surface area contributed by atoms with Gasteiger partial charge in [0.1, 0.15) is 11.5 Å². The number of halogens is 2. The van der Waals surface area contributed by atoms with Crippen LogP contribution in [-0.4, -0.2) is 29.2 Å². The molecule has 2 N–H and O–H groups in total. The van der Waals surface area contributed by atoms with Gasteiger partial charge in [-0.3, -0.25) is 4.79 Å². The molecule has 1 aromatic heterocycles. The molecule has 5 rings (SSSR count). The van der Waals surface area contributed by atoms with Crippen molar-refractivity contribution in [2.45, 2.75) is 45.1 Å². The number of aryl methyl sites for hydroxylation is 1. The number of hydrogen-bond acceptors (Lipinski definition) is 3. The van der Waals surface area contributed by atoms with Crippen LogP contribution in [0.5, 0.6) is 11.5 Å². The van der Waals surface area contributed by atoms with Crippen LogP contribution in [0.4, 0.5) is 0 Å². The number of aromatic nitrogens is 1. The number of rotatable bonds is 13. The molecule has 0 aliphatic heterocycles. The molecule has 4 aromatic carbocycles. The monoisotopic (exact) mass is 614 g/mol. The minimum absolute atomic E-state index is 0.0753. The Morgan fingerprint density at radius 3 is 2.05 bits per heavy atom. The number of carbonyl (C=O) groups is 1. The van der Waals surface area contributed by atoms with Crippen molar-refractivity contribution >= 4 is 40.0 Å². The lowest BCUT2D eigenvalue weighted by Crippen LogP contribution is -2.24. The number of nitrogens with one attached hydrogen (secondary N) is 1. The second-order valence-corrected chi connectivity index (χ2v) is 11.6. The maximum atomic E-state index is 13.2. The summed E-state index contributed by atoms with van der Waals surface area (Å²) in [4.78, 5) is 13.2. The van der Waals surface area contributed by atoms with E-state index in [1.807, 2.05) is 30.3 Å². The van der Waals surface area contributed by atoms with Gasteiger partial charge in [0.2, 0.25) is 0 Å². The van der Waals surface area contributed by atoms with E-state index in [9.17, 15) is 9.90 Å². The van der Waals surface area contributed by atoms with Gasteiger partial charge in [0, 0.05) is 56.9 Å². The fourth-order valence-corrected chi connectivity index (χ4v) is 5.82. The zero-order valence-electron chi connectivity index (χ0n) is 24.3. The van der Waals surface area contributed by atoms with E-state index in [2.05, 4.69) is 34.3 Å². The highest BCUT2D eigenvalue weighted by molar-refractivity contribution is 6.31. The van der Waals surface area contributed by atoms with Crippen LogP contribution in [-0.2, 0) is 6.54 Å². The molecule has 43 heavy (non-hydrogen) atoms. The standard InChI is InChI=1S/C36H36Cl2N2O3/c1-43-31-14-15-34-27(22-31)16-19-40(34)18-7-5-3-2-4-6-17-39-36(42)28-23-32(25-10-8-12-29(37)20-25)35(41)33(24-28)26-11-9-13-30(38)21-26/h8-16,19-24,41H,2-7,17-18H2,1H3,(H,39,42). The van der Waals surface area contributed by atoms with E-state index >= 15 is 0 Å². The SMILES string of the molecule is COc1ccc2c(ccn2CCCCCCCCNC(=O)c2cc(-c3cccc(Cl)c3)c(O)c(-c3cccc(Cl)c3)c2)c1. The maximum absolute atomic E-state index is 13.2. The van der Waals surface area contributed by atoms with E-state index in [-0.39, 0.29) is 11.7 Å². The van der Waals surface area contributed by atoms with Crippen molar-refractivity contribution in [3.63, 3.8) is 0 Å². The average molecular weight is 616 g/mol. The van der Waals surface area contributed by atoms with Crippen LogP contribution in [0.3, 0.4) is 0 Å². The molecular weight excluding hydrogens is 579 g/mol. The average Bonchev–Trinajstić information content (AvgIpc) is 3.42. The molecule has 5 aromatic rings. The van der Waals surface area contributed by atoms with Crippen molar-refractivity contribution in [2.75, 3.05) is 13.7 Å². The Kier molecular flexibility index (Phi) is 10.3. The second-order valence-electron chi connectivity index (χ2n) is 10.8. The van der Waals surface area contributed by atoms with Gasteiger partial charge in [0.15, 0.2) is 0 Å². The largest absolute Gasteiger partial charge is 0.507 e. The van der Waals surface area contributed by atoms with Crippen LogP contribution in [0.25, 0.3) is 33.2 Å². The molecule has 1 amide bonds. The number of carbonyl (C=O) groups excluding carboxylic acids is 1. The highest BCUT2D eigenvalue weighted by atomic mass is 35.5. The van der Waals surface area contributed by atoms with Gasteiger partial charge in [-0.15, -0.1) is 0 Å². The van der Waals surface area contributed by atoms with Crippen LogP contribution >= 0.6 is 23.2 Å². The van der Waals surface area contributed by atoms with Crippen molar-refractivity contribution in [3.8, 4) is 33.8 Å². The first kappa shape index (κ1) is 30.5. The molecule has 0 saturated carbocycles. The summed E-state index contributed by atoms with van der Waals surface area (Å²) in [5.41, 5.74) is 4.25. The highest BCUT2D eigenvalue weighted by Crippen LogP contribution is 2.40. The maximum Gasteiger partial charge on any atom is 0.251 e. The summed E-state index contributed by atoms with van der Waals surface area (Å²) in [5.74, 6) is 0.781. The number of benzene rings is 4. The van der Waals surface area contributed by atoms with Crippen LogP contribution < -0.4 is 10.1 Å². The number of ether oxygens (including phenoxy) is 1. The summed E-state index contributed by atoms with van der Waals surface area (Å²) < 4.78 is 7.63. The summed E-state index contributed by atoms with van der Waals surface area (Å²) >= 11 is 12.5. The van der Waals surface area contributed by atoms with Gasteiger partial charge in [0.05, 0.1) is 7.11 Å². The van der Waals surface area contributed by atoms with E-state index in [1.54, 1.807) is 43.5 Å². The van der Waals surface area contributed by atoms with Crippen LogP contribution in [0.15, 0.2) is 91.1 Å². The van der Waals surface area contributed by atoms with Crippen molar-refractivity contribution in [1.82, 2.24) is 9.88 Å². The summed E-state index contributed by atoms with van der Waals surface area (Å²) in [7, 11) is 1.69. The fraction of sp³-hybridized carbons (Fsp3) is 0.250. The molecule has 0 radical (unpaired) electrons. The van der Waals surface area contributed by atoms with E-state index in [4.69, 9.17) is 27.9 Å². The Morgan fingerprint density at radius 2 is 1.42 bits per heavy atom. The zero-order chi connectivity index (χ0) is 30.2. The van der Waals surface area contributed by atoms with E-state index in [1.165, 1.54) is 23.7 Å². The van der Waals surface area contributed by atoms with Crippen LogP contribution in [0, 0.1) is 0 Å². The topological polar surface area (TPSA) is 63.5 Å². The number of phenolic OH excluding ortho intramolecular Hbond substituents is 1. The second kappa shape index (κ2) is 14.5. The normalized spacial score (nSPS) is 11.1. The Labute approximate surface area is 263 Å². The Morgan fingerprint density at radius 1 is 0.791 bits per heavy atom. The quantitative estimate of drug-likeness (QED) is 0.130. The highest BCUT2D eigenvalue weighted by Gasteiger charge is 2.17. The zero-order valence-corrected chi connectivity index (χ0v) is 25.8. The van der Waals surface area contributed by atoms with Crippen molar-refractivity contribution in [2.24, 2.45) is 0 Å². The molecule has 0 bridgehead atoms. The van der Waals surface area contributed by atoms with Gasteiger partial charge in [0.25, 0.3) is 5.91 Å². The molecule has 7 heteroatoms. The van der Waals surface area contributed by atoms with Gasteiger partial charge in [-0.25, -0.2) is 0 Å². The van der Waals surface area contributed by atoms with Gasteiger partial charge in [-0.1, -0.05) is 73.2 Å². The van der Waals surface area contributed by atoms with Crippen molar-refractivity contribution in [3.05, 3.63) is 107 Å². The number of hydrogen-bond donors (Lipinski definition) is 2. The van der Waals surface area contributed by atoms with E-state index in [0.29, 0.717) is 33.3 Å². The molecule has 0 saturated heterocycles. The lowest BCUT2D eigenvalue weighted by molar-refractivity contribution is 0.0953. The van der Waals surface area contributed by atoms with E-state index < -0.39 is 0 Å². The number of unbranched alkanes of at least 4 members (excludes halogenated alkanes) is 5. The Balaban J connectivity index is 1.12. The third kappa shape index (κ3) is 7.73. The molecular formula is C36H36Cl2N2O3. The number of nitrogens with zero attached hydrogens (tertiary/aromatic N) is 1. The lowest BCUT2D eigenvalue weighted by atomic mass is 9.94. The lowest BCUT2D eigenvalue weighted by Gasteiger charge is -2.14. The minimum atomic E-state index is -0.178. The van der Waals surface area contributed by atoms with Crippen LogP contribution in [0.1, 0.15) is 48.9 Å². The first-order chi connectivity index (χ1) is 20.9. The van der Waals surface area contributed by atoms with Crippen molar-refractivity contribution in [1.29, 1.82) is 0 Å². The number of methoxy groups -OCH3 is 1. The predicted octanol–water partition coefficient (Wildman–Crippen LogP) is 9.77. The van der Waals surface area contributed by atoms with E-state index in [0.717, 1.165) is 49.1 Å². The van der Waals surface area contributed by atoms with Crippen molar-refractivity contribution < 1.29 is 14.6 Å². The molecule has 0 aliphatic rings. The number of phenols is 1. The Bertz CT molecular complexity index is 1650. The number of amides is 1. The van der Waals surface area contributed by atoms with Gasteiger partial charge in [-0.2, -0.15) is 0 Å². The summed E-state index contributed by atoms with van der Waals surface area (Å²) in [5, 5.41) is 16.6. The molecule has 0 atom stereocenters. The first-order valence-electron chi connectivity index (χ1n) is 14.7. The third-order valence-corrected chi connectivity index (χ3v) is 8.20. The fourth-order valence-electron chi connectivity index (χ4n) is 5.44. The summed E-state index contributed by atoms with van der Waals surface area (Å²) in [6, 6.07) is 26.3. The number of fused-ring (bicyclic) bond motifs is 1. The summed E-state index contributed by atoms with van der Waals surface area (Å²) in [6.45, 7) is 1.60.